The number of amides is 1. The molecule has 2 aromatic carbocycles. The minimum Gasteiger partial charge on any atom is -0.497 e. The standard InChI is InChI=1S/C28H32N2O3/c1-32-25-11-6-22(7-12-25)28(23-8-13-26(33-2)14-9-23)19-24(28)10-15-27(31)30-17-4-3-5-21-16-18-29-20-21/h6-16,18,24H,3-5,17,19-20H2,1-2H3,(H,30,31)/t24-/m1/s1. The summed E-state index contributed by atoms with van der Waals surface area (Å²) in [4.78, 5) is 16.6. The van der Waals surface area contributed by atoms with Gasteiger partial charge in [-0.05, 0) is 84.7 Å². The zero-order valence-corrected chi connectivity index (χ0v) is 19.4. The number of aliphatic imine (C=N–C) groups is 1. The fraction of sp³-hybridized carbons (Fsp3) is 0.357. The molecule has 2 aliphatic rings. The number of nitrogens with one attached hydrogen (secondary N) is 1. The zero-order valence-electron chi connectivity index (χ0n) is 19.4. The van der Waals surface area contributed by atoms with Gasteiger partial charge in [0.25, 0.3) is 0 Å². The Kier molecular flexibility index (Phi) is 7.28. The lowest BCUT2D eigenvalue weighted by Gasteiger charge is -2.19. The number of unbranched alkanes of at least 4 members (excludes halogenated alkanes) is 1. The minimum atomic E-state index is -0.133. The average Bonchev–Trinajstić information content (AvgIpc) is 3.36. The molecule has 33 heavy (non-hydrogen) atoms. The van der Waals surface area contributed by atoms with E-state index in [4.69, 9.17) is 9.47 Å². The number of carbonyl (C=O) groups excluding carboxylic acids is 1. The van der Waals surface area contributed by atoms with Crippen molar-refractivity contribution in [3.63, 3.8) is 0 Å². The number of ether oxygens (including phenoxy) is 2. The van der Waals surface area contributed by atoms with Gasteiger partial charge < -0.3 is 14.8 Å². The molecule has 0 aromatic heterocycles. The van der Waals surface area contributed by atoms with Crippen molar-refractivity contribution in [3.8, 4) is 11.5 Å². The van der Waals surface area contributed by atoms with Crippen LogP contribution in [0, 0.1) is 5.92 Å². The van der Waals surface area contributed by atoms with Crippen LogP contribution in [0.3, 0.4) is 0 Å². The Morgan fingerprint density at radius 3 is 2.21 bits per heavy atom. The molecule has 172 valence electrons. The van der Waals surface area contributed by atoms with Crippen LogP contribution in [0.15, 0.2) is 77.3 Å². The number of benzene rings is 2. The number of rotatable bonds is 11. The van der Waals surface area contributed by atoms with Gasteiger partial charge in [0.1, 0.15) is 11.5 Å². The van der Waals surface area contributed by atoms with E-state index in [1.165, 1.54) is 16.7 Å². The molecule has 1 saturated carbocycles. The molecule has 0 radical (unpaired) electrons. The highest BCUT2D eigenvalue weighted by Gasteiger charge is 2.55. The summed E-state index contributed by atoms with van der Waals surface area (Å²) in [6, 6.07) is 16.5. The Morgan fingerprint density at radius 1 is 1.03 bits per heavy atom. The van der Waals surface area contributed by atoms with Gasteiger partial charge in [-0.15, -0.1) is 0 Å². The second-order valence-corrected chi connectivity index (χ2v) is 8.66. The zero-order chi connectivity index (χ0) is 23.1. The first kappa shape index (κ1) is 22.8. The first-order chi connectivity index (χ1) is 16.2. The Labute approximate surface area is 196 Å². The van der Waals surface area contributed by atoms with Crippen LogP contribution in [0.25, 0.3) is 0 Å². The van der Waals surface area contributed by atoms with Crippen molar-refractivity contribution in [3.05, 3.63) is 83.5 Å². The summed E-state index contributed by atoms with van der Waals surface area (Å²) in [5, 5.41) is 3.02. The second kappa shape index (κ2) is 10.5. The molecule has 0 unspecified atom stereocenters. The number of carbonyl (C=O) groups is 1. The van der Waals surface area contributed by atoms with Gasteiger partial charge in [-0.1, -0.05) is 30.3 Å². The highest BCUT2D eigenvalue weighted by molar-refractivity contribution is 5.87. The maximum Gasteiger partial charge on any atom is 0.243 e. The molecule has 5 heteroatoms. The molecule has 1 heterocycles. The SMILES string of the molecule is COc1ccc(C2(c3ccc(OC)cc3)C[C@H]2C=CC(=O)NCCCCC2=CC=NC2)cc1. The van der Waals surface area contributed by atoms with Gasteiger partial charge in [-0.2, -0.15) is 0 Å². The van der Waals surface area contributed by atoms with Crippen LogP contribution in [-0.2, 0) is 10.2 Å². The molecule has 0 bridgehead atoms. The van der Waals surface area contributed by atoms with E-state index in [1.807, 2.05) is 30.5 Å². The largest absolute Gasteiger partial charge is 0.497 e. The summed E-state index contributed by atoms with van der Waals surface area (Å²) < 4.78 is 10.7. The highest BCUT2D eigenvalue weighted by atomic mass is 16.5. The predicted molar refractivity (Wildman–Crippen MR) is 132 cm³/mol. The van der Waals surface area contributed by atoms with Crippen molar-refractivity contribution in [2.45, 2.75) is 31.1 Å². The molecular weight excluding hydrogens is 412 g/mol. The molecule has 2 aromatic rings. The summed E-state index contributed by atoms with van der Waals surface area (Å²) in [5.74, 6) is 1.92. The van der Waals surface area contributed by atoms with Crippen molar-refractivity contribution in [2.24, 2.45) is 10.9 Å². The average molecular weight is 445 g/mol. The first-order valence-corrected chi connectivity index (χ1v) is 11.6. The fourth-order valence-electron chi connectivity index (χ4n) is 4.62. The lowest BCUT2D eigenvalue weighted by molar-refractivity contribution is -0.116. The van der Waals surface area contributed by atoms with Gasteiger partial charge >= 0.3 is 0 Å². The summed E-state index contributed by atoms with van der Waals surface area (Å²) >= 11 is 0. The van der Waals surface area contributed by atoms with Crippen LogP contribution in [-0.4, -0.2) is 39.4 Å². The normalized spacial score (nSPS) is 18.2. The van der Waals surface area contributed by atoms with Gasteiger partial charge in [-0.3, -0.25) is 9.79 Å². The van der Waals surface area contributed by atoms with Crippen LogP contribution >= 0.6 is 0 Å². The molecule has 4 rings (SSSR count). The predicted octanol–water partition coefficient (Wildman–Crippen LogP) is 4.86. The number of hydrogen-bond acceptors (Lipinski definition) is 4. The monoisotopic (exact) mass is 444 g/mol. The molecule has 1 amide bonds. The lowest BCUT2D eigenvalue weighted by Crippen LogP contribution is -2.22. The Hall–Kier alpha value is -3.34. The van der Waals surface area contributed by atoms with Crippen LogP contribution in [0.2, 0.25) is 0 Å². The second-order valence-electron chi connectivity index (χ2n) is 8.66. The number of hydrogen-bond donors (Lipinski definition) is 1. The Bertz CT molecular complexity index is 988. The Balaban J connectivity index is 1.37. The van der Waals surface area contributed by atoms with Gasteiger partial charge in [0.2, 0.25) is 5.91 Å². The molecule has 1 N–H and O–H groups in total. The van der Waals surface area contributed by atoms with E-state index >= 15 is 0 Å². The van der Waals surface area contributed by atoms with Crippen molar-refractivity contribution in [1.82, 2.24) is 5.32 Å². The summed E-state index contributed by atoms with van der Waals surface area (Å²) in [5.41, 5.74) is 3.71. The maximum atomic E-state index is 12.4. The summed E-state index contributed by atoms with van der Waals surface area (Å²) in [6.07, 6.45) is 11.8. The van der Waals surface area contributed by atoms with Crippen molar-refractivity contribution >= 4 is 12.1 Å². The van der Waals surface area contributed by atoms with Crippen LogP contribution in [0.1, 0.15) is 36.8 Å². The molecule has 0 saturated heterocycles. The van der Waals surface area contributed by atoms with E-state index in [1.54, 1.807) is 20.3 Å². The van der Waals surface area contributed by atoms with E-state index < -0.39 is 0 Å². The molecular formula is C28H32N2O3. The lowest BCUT2D eigenvalue weighted by atomic mass is 9.85. The van der Waals surface area contributed by atoms with Crippen LogP contribution < -0.4 is 14.8 Å². The van der Waals surface area contributed by atoms with Gasteiger partial charge in [0.05, 0.1) is 20.8 Å². The molecule has 5 nitrogen and oxygen atoms in total. The molecule has 0 spiro atoms. The first-order valence-electron chi connectivity index (χ1n) is 11.6. The molecule has 1 atom stereocenters. The fourth-order valence-corrected chi connectivity index (χ4v) is 4.62. The van der Waals surface area contributed by atoms with Crippen LogP contribution in [0.5, 0.6) is 11.5 Å². The number of methoxy groups -OCH3 is 2. The summed E-state index contributed by atoms with van der Waals surface area (Å²) in [6.45, 7) is 1.53. The van der Waals surface area contributed by atoms with E-state index in [-0.39, 0.29) is 17.2 Å². The van der Waals surface area contributed by atoms with Crippen molar-refractivity contribution < 1.29 is 14.3 Å². The van der Waals surface area contributed by atoms with Gasteiger partial charge in [-0.25, -0.2) is 0 Å². The van der Waals surface area contributed by atoms with E-state index in [0.29, 0.717) is 6.54 Å². The summed E-state index contributed by atoms with van der Waals surface area (Å²) in [7, 11) is 3.35. The van der Waals surface area contributed by atoms with Crippen molar-refractivity contribution in [2.75, 3.05) is 27.3 Å². The highest BCUT2D eigenvalue weighted by Crippen LogP contribution is 2.59. The molecule has 1 aliphatic carbocycles. The third-order valence-electron chi connectivity index (χ3n) is 6.64. The topological polar surface area (TPSA) is 59.9 Å². The molecule has 1 aliphatic heterocycles. The van der Waals surface area contributed by atoms with Gasteiger partial charge in [0, 0.05) is 18.2 Å². The van der Waals surface area contributed by atoms with E-state index in [2.05, 4.69) is 46.7 Å². The Morgan fingerprint density at radius 2 is 1.67 bits per heavy atom. The third kappa shape index (κ3) is 5.36. The minimum absolute atomic E-state index is 0.0244. The molecule has 1 fully saturated rings. The maximum absolute atomic E-state index is 12.4. The quantitative estimate of drug-likeness (QED) is 0.398. The van der Waals surface area contributed by atoms with Crippen molar-refractivity contribution in [1.29, 1.82) is 0 Å². The van der Waals surface area contributed by atoms with Gasteiger partial charge in [0.15, 0.2) is 0 Å². The van der Waals surface area contributed by atoms with E-state index in [9.17, 15) is 4.79 Å². The van der Waals surface area contributed by atoms with Crippen LogP contribution in [0.4, 0.5) is 0 Å². The van der Waals surface area contributed by atoms with E-state index in [0.717, 1.165) is 43.7 Å². The number of nitrogens with zero attached hydrogens (tertiary/aromatic N) is 1. The smallest absolute Gasteiger partial charge is 0.243 e. The number of allylic oxidation sites excluding steroid dienone is 2. The third-order valence-corrected chi connectivity index (χ3v) is 6.64.